The number of hydrogen-bond acceptors (Lipinski definition) is 5. The Morgan fingerprint density at radius 3 is 2.79 bits per heavy atom. The van der Waals surface area contributed by atoms with Crippen molar-refractivity contribution in [2.75, 3.05) is 58.9 Å². The highest BCUT2D eigenvalue weighted by Gasteiger charge is 2.36. The molecule has 1 aromatic carbocycles. The summed E-state index contributed by atoms with van der Waals surface area (Å²) in [5, 5.41) is 0. The van der Waals surface area contributed by atoms with Gasteiger partial charge in [0, 0.05) is 39.3 Å². The van der Waals surface area contributed by atoms with Crippen molar-refractivity contribution in [3.05, 3.63) is 35.4 Å². The number of hydrogen-bond donors (Lipinski definition) is 0. The van der Waals surface area contributed by atoms with Gasteiger partial charge in [0.15, 0.2) is 0 Å². The third kappa shape index (κ3) is 3.97. The summed E-state index contributed by atoms with van der Waals surface area (Å²) in [6.45, 7) is 4.04. The topological polar surface area (TPSA) is 59.1 Å². The number of ether oxygens (including phenoxy) is 2. The molecular formula is C17H26N2O4S. The molecule has 2 aliphatic rings. The number of fused-ring (bicyclic) bond motifs is 3. The van der Waals surface area contributed by atoms with Crippen LogP contribution in [0.1, 0.15) is 17.2 Å². The van der Waals surface area contributed by atoms with Gasteiger partial charge in [-0.1, -0.05) is 24.3 Å². The smallest absolute Gasteiger partial charge is 0.216 e. The lowest BCUT2D eigenvalue weighted by Gasteiger charge is -2.44. The molecular weight excluding hydrogens is 328 g/mol. The Hall–Kier alpha value is -0.990. The van der Waals surface area contributed by atoms with E-state index in [-0.39, 0.29) is 18.4 Å². The maximum Gasteiger partial charge on any atom is 0.216 e. The molecule has 134 valence electrons. The third-order valence-electron chi connectivity index (χ3n) is 4.85. The minimum Gasteiger partial charge on any atom is -0.382 e. The van der Waals surface area contributed by atoms with E-state index in [2.05, 4.69) is 23.1 Å². The van der Waals surface area contributed by atoms with Crippen molar-refractivity contribution < 1.29 is 17.9 Å². The van der Waals surface area contributed by atoms with Crippen LogP contribution in [0.25, 0.3) is 0 Å². The number of rotatable bonds is 7. The summed E-state index contributed by atoms with van der Waals surface area (Å²) in [6.07, 6.45) is 1.05. The van der Waals surface area contributed by atoms with Gasteiger partial charge < -0.3 is 9.47 Å². The predicted molar refractivity (Wildman–Crippen MR) is 92.5 cm³/mol. The monoisotopic (exact) mass is 354 g/mol. The van der Waals surface area contributed by atoms with Crippen molar-refractivity contribution in [3.8, 4) is 0 Å². The number of sulfonamides is 1. The Morgan fingerprint density at radius 1 is 1.12 bits per heavy atom. The summed E-state index contributed by atoms with van der Waals surface area (Å²) in [4.78, 5) is 2.41. The molecule has 0 aliphatic carbocycles. The minimum atomic E-state index is -3.28. The molecule has 1 atom stereocenters. The van der Waals surface area contributed by atoms with Crippen LogP contribution in [0.15, 0.2) is 24.3 Å². The van der Waals surface area contributed by atoms with Crippen molar-refractivity contribution >= 4 is 10.0 Å². The molecule has 6 nitrogen and oxygen atoms in total. The highest BCUT2D eigenvalue weighted by molar-refractivity contribution is 7.89. The summed E-state index contributed by atoms with van der Waals surface area (Å²) in [5.74, 6) is 0.0328. The summed E-state index contributed by atoms with van der Waals surface area (Å²) in [6, 6.07) is 8.57. The van der Waals surface area contributed by atoms with Gasteiger partial charge in [-0.25, -0.2) is 8.42 Å². The zero-order chi connectivity index (χ0) is 17.0. The van der Waals surface area contributed by atoms with Crippen molar-refractivity contribution in [1.29, 1.82) is 0 Å². The number of benzene rings is 1. The molecule has 2 aliphatic heterocycles. The van der Waals surface area contributed by atoms with E-state index in [1.165, 1.54) is 11.1 Å². The summed E-state index contributed by atoms with van der Waals surface area (Å²) < 4.78 is 37.1. The first kappa shape index (κ1) is 17.8. The molecule has 3 rings (SSSR count). The predicted octanol–water partition coefficient (Wildman–Crippen LogP) is 0.894. The molecule has 0 N–H and O–H groups in total. The van der Waals surface area contributed by atoms with E-state index in [9.17, 15) is 8.42 Å². The molecule has 1 unspecified atom stereocenters. The molecule has 24 heavy (non-hydrogen) atoms. The highest BCUT2D eigenvalue weighted by Crippen LogP contribution is 2.33. The largest absolute Gasteiger partial charge is 0.382 e. The molecule has 2 heterocycles. The molecule has 0 bridgehead atoms. The Balaban J connectivity index is 1.63. The first-order valence-corrected chi connectivity index (χ1v) is 10.1. The molecule has 7 heteroatoms. The first-order chi connectivity index (χ1) is 11.6. The molecule has 1 aromatic rings. The van der Waals surface area contributed by atoms with Gasteiger partial charge in [0.05, 0.1) is 25.6 Å². The number of piperazine rings is 1. The SMILES string of the molecule is COCCOCCS(=O)(=O)N1CCN2CCc3ccccc3C2C1. The van der Waals surface area contributed by atoms with Gasteiger partial charge in [0.1, 0.15) is 0 Å². The second kappa shape index (κ2) is 7.93. The molecule has 0 radical (unpaired) electrons. The van der Waals surface area contributed by atoms with Crippen molar-refractivity contribution in [3.63, 3.8) is 0 Å². The van der Waals surface area contributed by atoms with Crippen LogP contribution in [-0.4, -0.2) is 76.5 Å². The average Bonchev–Trinajstić information content (AvgIpc) is 2.61. The maximum absolute atomic E-state index is 12.6. The van der Waals surface area contributed by atoms with E-state index < -0.39 is 10.0 Å². The van der Waals surface area contributed by atoms with Gasteiger partial charge in [0.2, 0.25) is 10.0 Å². The van der Waals surface area contributed by atoms with Gasteiger partial charge in [-0.2, -0.15) is 4.31 Å². The van der Waals surface area contributed by atoms with Crippen molar-refractivity contribution in [2.45, 2.75) is 12.5 Å². The lowest BCUT2D eigenvalue weighted by atomic mass is 9.91. The summed E-state index contributed by atoms with van der Waals surface area (Å²) in [7, 11) is -1.68. The Labute approximate surface area is 144 Å². The van der Waals surface area contributed by atoms with Gasteiger partial charge in [-0.3, -0.25) is 4.90 Å². The fourth-order valence-electron chi connectivity index (χ4n) is 3.50. The lowest BCUT2D eigenvalue weighted by Crippen LogP contribution is -2.53. The first-order valence-electron chi connectivity index (χ1n) is 8.48. The minimum absolute atomic E-state index is 0.0328. The van der Waals surface area contributed by atoms with Crippen LogP contribution < -0.4 is 0 Å². The van der Waals surface area contributed by atoms with E-state index in [0.29, 0.717) is 26.3 Å². The summed E-state index contributed by atoms with van der Waals surface area (Å²) in [5.41, 5.74) is 2.63. The highest BCUT2D eigenvalue weighted by atomic mass is 32.2. The van der Waals surface area contributed by atoms with E-state index in [0.717, 1.165) is 19.5 Å². The zero-order valence-electron chi connectivity index (χ0n) is 14.2. The molecule has 0 spiro atoms. The lowest BCUT2D eigenvalue weighted by molar-refractivity contribution is 0.0771. The van der Waals surface area contributed by atoms with Gasteiger partial charge in [-0.05, 0) is 17.5 Å². The van der Waals surface area contributed by atoms with Crippen LogP contribution in [0.2, 0.25) is 0 Å². The second-order valence-electron chi connectivity index (χ2n) is 6.28. The van der Waals surface area contributed by atoms with Crippen LogP contribution in [0.3, 0.4) is 0 Å². The van der Waals surface area contributed by atoms with Crippen LogP contribution in [0.5, 0.6) is 0 Å². The molecule has 0 aromatic heterocycles. The van der Waals surface area contributed by atoms with Gasteiger partial charge >= 0.3 is 0 Å². The van der Waals surface area contributed by atoms with Crippen molar-refractivity contribution in [1.82, 2.24) is 9.21 Å². The number of nitrogens with zero attached hydrogens (tertiary/aromatic N) is 2. The van der Waals surface area contributed by atoms with E-state index >= 15 is 0 Å². The quantitative estimate of drug-likeness (QED) is 0.681. The number of methoxy groups -OCH3 is 1. The van der Waals surface area contributed by atoms with E-state index in [4.69, 9.17) is 9.47 Å². The fourth-order valence-corrected chi connectivity index (χ4v) is 4.81. The standard InChI is InChI=1S/C17H26N2O4S/c1-22-10-11-23-12-13-24(20,21)19-9-8-18-7-6-15-4-2-3-5-16(15)17(18)14-19/h2-5,17H,6-14H2,1H3. The summed E-state index contributed by atoms with van der Waals surface area (Å²) >= 11 is 0. The molecule has 1 saturated heterocycles. The van der Waals surface area contributed by atoms with Crippen molar-refractivity contribution in [2.24, 2.45) is 0 Å². The second-order valence-corrected chi connectivity index (χ2v) is 8.37. The van der Waals surface area contributed by atoms with Crippen LogP contribution >= 0.6 is 0 Å². The zero-order valence-corrected chi connectivity index (χ0v) is 15.0. The van der Waals surface area contributed by atoms with Gasteiger partial charge in [0.25, 0.3) is 0 Å². The normalized spacial score (nSPS) is 22.1. The van der Waals surface area contributed by atoms with Gasteiger partial charge in [-0.15, -0.1) is 0 Å². The average molecular weight is 354 g/mol. The van der Waals surface area contributed by atoms with Crippen LogP contribution in [0.4, 0.5) is 0 Å². The maximum atomic E-state index is 12.6. The third-order valence-corrected chi connectivity index (χ3v) is 6.65. The van der Waals surface area contributed by atoms with E-state index in [1.807, 2.05) is 6.07 Å². The fraction of sp³-hybridized carbons (Fsp3) is 0.647. The Kier molecular flexibility index (Phi) is 5.89. The Bertz CT molecular complexity index is 650. The Morgan fingerprint density at radius 2 is 1.96 bits per heavy atom. The van der Waals surface area contributed by atoms with Crippen LogP contribution in [-0.2, 0) is 25.9 Å². The van der Waals surface area contributed by atoms with E-state index in [1.54, 1.807) is 11.4 Å². The molecule has 1 fully saturated rings. The van der Waals surface area contributed by atoms with Crippen LogP contribution in [0, 0.1) is 0 Å². The molecule has 0 amide bonds. The molecule has 0 saturated carbocycles.